The Kier molecular flexibility index (Phi) is 6.96. The van der Waals surface area contributed by atoms with Crippen LogP contribution in [-0.2, 0) is 9.47 Å². The average Bonchev–Trinajstić information content (AvgIpc) is 2.34. The van der Waals surface area contributed by atoms with E-state index in [0.717, 1.165) is 45.8 Å². The molecule has 1 fully saturated rings. The minimum Gasteiger partial charge on any atom is -0.383 e. The molecule has 16 heavy (non-hydrogen) atoms. The summed E-state index contributed by atoms with van der Waals surface area (Å²) in [4.78, 5) is 2.43. The van der Waals surface area contributed by atoms with Crippen molar-refractivity contribution in [2.75, 3.05) is 46.5 Å². The molecule has 0 aromatic carbocycles. The zero-order chi connectivity index (χ0) is 11.8. The molecule has 0 aliphatic carbocycles. The lowest BCUT2D eigenvalue weighted by Gasteiger charge is -2.36. The zero-order valence-electron chi connectivity index (χ0n) is 10.9. The molecule has 0 saturated carbocycles. The molecular formula is C12H26N2O2. The van der Waals surface area contributed by atoms with Gasteiger partial charge in [0.1, 0.15) is 0 Å². The number of nitrogens with one attached hydrogen (secondary N) is 1. The normalized spacial score (nSPS) is 24.6. The fraction of sp³-hybridized carbons (Fsp3) is 1.00. The Morgan fingerprint density at radius 2 is 2.31 bits per heavy atom. The summed E-state index contributed by atoms with van der Waals surface area (Å²) in [6.07, 6.45) is 1.41. The highest BCUT2D eigenvalue weighted by molar-refractivity contribution is 4.82. The third-order valence-electron chi connectivity index (χ3n) is 3.08. The van der Waals surface area contributed by atoms with Crippen LogP contribution < -0.4 is 5.32 Å². The van der Waals surface area contributed by atoms with Crippen LogP contribution in [0.3, 0.4) is 0 Å². The monoisotopic (exact) mass is 230 g/mol. The number of methoxy groups -OCH3 is 1. The summed E-state index contributed by atoms with van der Waals surface area (Å²) in [6.45, 7) is 10.1. The number of morpholine rings is 1. The van der Waals surface area contributed by atoms with E-state index < -0.39 is 0 Å². The number of nitrogens with zero attached hydrogens (tertiary/aromatic N) is 1. The van der Waals surface area contributed by atoms with Crippen molar-refractivity contribution in [1.82, 2.24) is 10.2 Å². The fourth-order valence-corrected chi connectivity index (χ4v) is 2.07. The van der Waals surface area contributed by atoms with E-state index in [1.165, 1.54) is 0 Å². The Labute approximate surface area is 99.3 Å². The van der Waals surface area contributed by atoms with Gasteiger partial charge in [-0.05, 0) is 19.5 Å². The van der Waals surface area contributed by atoms with Crippen LogP contribution in [0.15, 0.2) is 0 Å². The van der Waals surface area contributed by atoms with Crippen LogP contribution in [0.2, 0.25) is 0 Å². The van der Waals surface area contributed by atoms with Crippen LogP contribution in [-0.4, -0.2) is 63.5 Å². The number of hydrogen-bond donors (Lipinski definition) is 1. The molecule has 0 amide bonds. The van der Waals surface area contributed by atoms with Gasteiger partial charge < -0.3 is 14.8 Å². The second-order valence-corrected chi connectivity index (χ2v) is 4.32. The van der Waals surface area contributed by atoms with Crippen LogP contribution in [0.25, 0.3) is 0 Å². The minimum absolute atomic E-state index is 0.264. The van der Waals surface area contributed by atoms with Gasteiger partial charge in [0.15, 0.2) is 0 Å². The fourth-order valence-electron chi connectivity index (χ4n) is 2.07. The first-order valence-electron chi connectivity index (χ1n) is 6.38. The molecule has 2 unspecified atom stereocenters. The Balaban J connectivity index is 2.41. The van der Waals surface area contributed by atoms with Crippen molar-refractivity contribution in [3.8, 4) is 0 Å². The average molecular weight is 230 g/mol. The molecule has 2 atom stereocenters. The van der Waals surface area contributed by atoms with Crippen molar-refractivity contribution in [1.29, 1.82) is 0 Å². The Morgan fingerprint density at radius 1 is 1.50 bits per heavy atom. The molecule has 4 nitrogen and oxygen atoms in total. The van der Waals surface area contributed by atoms with Gasteiger partial charge in [-0.1, -0.05) is 13.8 Å². The molecule has 0 aromatic heterocycles. The van der Waals surface area contributed by atoms with E-state index in [1.54, 1.807) is 7.11 Å². The van der Waals surface area contributed by atoms with E-state index in [2.05, 4.69) is 24.1 Å². The third-order valence-corrected chi connectivity index (χ3v) is 3.08. The third kappa shape index (κ3) is 4.37. The van der Waals surface area contributed by atoms with Crippen molar-refractivity contribution in [3.05, 3.63) is 0 Å². The van der Waals surface area contributed by atoms with Crippen LogP contribution in [0.4, 0.5) is 0 Å². The van der Waals surface area contributed by atoms with E-state index >= 15 is 0 Å². The molecule has 0 spiro atoms. The summed E-state index contributed by atoms with van der Waals surface area (Å²) in [5, 5.41) is 3.51. The molecule has 1 rings (SSSR count). The van der Waals surface area contributed by atoms with Gasteiger partial charge in [-0.15, -0.1) is 0 Å². The molecule has 1 saturated heterocycles. The second-order valence-electron chi connectivity index (χ2n) is 4.32. The number of hydrogen-bond acceptors (Lipinski definition) is 4. The lowest BCUT2D eigenvalue weighted by atomic mass is 10.1. The first-order valence-corrected chi connectivity index (χ1v) is 6.38. The van der Waals surface area contributed by atoms with Gasteiger partial charge >= 0.3 is 0 Å². The highest BCUT2D eigenvalue weighted by Gasteiger charge is 2.26. The summed E-state index contributed by atoms with van der Waals surface area (Å²) in [5.74, 6) is 0. The molecule has 1 N–H and O–H groups in total. The molecular weight excluding hydrogens is 204 g/mol. The molecule has 96 valence electrons. The van der Waals surface area contributed by atoms with Gasteiger partial charge in [0.25, 0.3) is 0 Å². The van der Waals surface area contributed by atoms with Gasteiger partial charge in [0.2, 0.25) is 0 Å². The molecule has 4 heteroatoms. The highest BCUT2D eigenvalue weighted by Crippen LogP contribution is 2.09. The van der Waals surface area contributed by atoms with E-state index in [4.69, 9.17) is 9.47 Å². The quantitative estimate of drug-likeness (QED) is 0.699. The number of likely N-dealkylation sites (N-methyl/N-ethyl adjacent to an activating group) is 1. The van der Waals surface area contributed by atoms with E-state index in [0.29, 0.717) is 6.04 Å². The van der Waals surface area contributed by atoms with E-state index in [1.807, 2.05) is 0 Å². The van der Waals surface area contributed by atoms with Gasteiger partial charge in [-0.3, -0.25) is 4.90 Å². The smallest absolute Gasteiger partial charge is 0.0877 e. The van der Waals surface area contributed by atoms with E-state index in [-0.39, 0.29) is 6.10 Å². The predicted octanol–water partition coefficient (Wildman–Crippen LogP) is 0.722. The van der Waals surface area contributed by atoms with Gasteiger partial charge in [0, 0.05) is 20.2 Å². The Hall–Kier alpha value is -0.160. The summed E-state index contributed by atoms with van der Waals surface area (Å²) in [7, 11) is 1.75. The number of rotatable bonds is 7. The molecule has 0 radical (unpaired) electrons. The lowest BCUT2D eigenvalue weighted by Crippen LogP contribution is -2.54. The molecule has 0 aromatic rings. The van der Waals surface area contributed by atoms with Crippen LogP contribution in [0.5, 0.6) is 0 Å². The molecule has 1 aliphatic heterocycles. The topological polar surface area (TPSA) is 33.7 Å². The van der Waals surface area contributed by atoms with Crippen molar-refractivity contribution >= 4 is 0 Å². The van der Waals surface area contributed by atoms with Gasteiger partial charge in [0.05, 0.1) is 25.4 Å². The van der Waals surface area contributed by atoms with Gasteiger partial charge in [-0.25, -0.2) is 0 Å². The van der Waals surface area contributed by atoms with Crippen molar-refractivity contribution in [2.45, 2.75) is 32.4 Å². The summed E-state index contributed by atoms with van der Waals surface area (Å²) >= 11 is 0. The SMILES string of the molecule is CCCNC(COC)C1CN(CC)CCO1. The first kappa shape index (κ1) is 13.9. The van der Waals surface area contributed by atoms with E-state index in [9.17, 15) is 0 Å². The zero-order valence-corrected chi connectivity index (χ0v) is 10.9. The summed E-state index contributed by atoms with van der Waals surface area (Å²) in [6, 6.07) is 0.319. The Bertz CT molecular complexity index is 176. The standard InChI is InChI=1S/C12H26N2O2/c1-4-6-13-11(10-15-3)12-9-14(5-2)7-8-16-12/h11-13H,4-10H2,1-3H3. The summed E-state index contributed by atoms with van der Waals surface area (Å²) in [5.41, 5.74) is 0. The second kappa shape index (κ2) is 8.01. The predicted molar refractivity (Wildman–Crippen MR) is 65.8 cm³/mol. The molecule has 1 heterocycles. The maximum absolute atomic E-state index is 5.84. The van der Waals surface area contributed by atoms with Crippen LogP contribution in [0.1, 0.15) is 20.3 Å². The van der Waals surface area contributed by atoms with Crippen LogP contribution >= 0.6 is 0 Å². The molecule has 1 aliphatic rings. The van der Waals surface area contributed by atoms with Crippen molar-refractivity contribution in [2.24, 2.45) is 0 Å². The highest BCUT2D eigenvalue weighted by atomic mass is 16.5. The maximum Gasteiger partial charge on any atom is 0.0877 e. The largest absolute Gasteiger partial charge is 0.383 e. The minimum atomic E-state index is 0.264. The summed E-state index contributed by atoms with van der Waals surface area (Å²) < 4.78 is 11.1. The Morgan fingerprint density at radius 3 is 2.94 bits per heavy atom. The first-order chi connectivity index (χ1) is 7.81. The van der Waals surface area contributed by atoms with Crippen LogP contribution in [0, 0.1) is 0 Å². The molecule has 0 bridgehead atoms. The van der Waals surface area contributed by atoms with Crippen molar-refractivity contribution in [3.63, 3.8) is 0 Å². The lowest BCUT2D eigenvalue weighted by molar-refractivity contribution is -0.0565. The maximum atomic E-state index is 5.84. The van der Waals surface area contributed by atoms with Gasteiger partial charge in [-0.2, -0.15) is 0 Å². The number of ether oxygens (including phenoxy) is 2. The van der Waals surface area contributed by atoms with Crippen molar-refractivity contribution < 1.29 is 9.47 Å².